The summed E-state index contributed by atoms with van der Waals surface area (Å²) < 4.78 is 5.18. The quantitative estimate of drug-likeness (QED) is 0.679. The Hall–Kier alpha value is -2.74. The summed E-state index contributed by atoms with van der Waals surface area (Å²) in [5.74, 6) is 0.911. The molecule has 0 N–H and O–H groups in total. The van der Waals surface area contributed by atoms with Crippen LogP contribution in [0.15, 0.2) is 22.8 Å². The van der Waals surface area contributed by atoms with Crippen LogP contribution >= 0.6 is 11.3 Å². The van der Waals surface area contributed by atoms with E-state index >= 15 is 0 Å². The van der Waals surface area contributed by atoms with Crippen LogP contribution in [0.25, 0.3) is 10.2 Å². The Balaban J connectivity index is 1.51. The Labute approximate surface area is 160 Å². The molecule has 0 bridgehead atoms. The second-order valence-corrected chi connectivity index (χ2v) is 7.65. The molecule has 3 aromatic rings. The van der Waals surface area contributed by atoms with Crippen LogP contribution < -0.4 is 0 Å². The van der Waals surface area contributed by atoms with E-state index in [9.17, 15) is 9.59 Å². The summed E-state index contributed by atoms with van der Waals surface area (Å²) in [5.41, 5.74) is 1.84. The zero-order chi connectivity index (χ0) is 19.1. The van der Waals surface area contributed by atoms with E-state index in [2.05, 4.69) is 9.97 Å². The molecule has 0 aliphatic carbocycles. The molecule has 1 aliphatic heterocycles. The molecular formula is C19H20N4O3S. The summed E-state index contributed by atoms with van der Waals surface area (Å²) in [7, 11) is 0. The number of amides is 2. The lowest BCUT2D eigenvalue weighted by atomic mass is 10.1. The SMILES string of the molecule is Cc1nc(C)c2c(C)c(C(=O)N3CCN(C(=O)c4ccco4)CC3)sc2n1. The lowest BCUT2D eigenvalue weighted by Gasteiger charge is -2.34. The van der Waals surface area contributed by atoms with Gasteiger partial charge in [0.25, 0.3) is 11.8 Å². The predicted octanol–water partition coefficient (Wildman–Crippen LogP) is 2.81. The third kappa shape index (κ3) is 3.10. The second-order valence-electron chi connectivity index (χ2n) is 6.65. The first kappa shape index (κ1) is 17.7. The van der Waals surface area contributed by atoms with Gasteiger partial charge >= 0.3 is 0 Å². The van der Waals surface area contributed by atoms with Crippen LogP contribution in [-0.4, -0.2) is 57.8 Å². The van der Waals surface area contributed by atoms with Crippen LogP contribution in [0.2, 0.25) is 0 Å². The van der Waals surface area contributed by atoms with Crippen LogP contribution in [0.4, 0.5) is 0 Å². The number of piperazine rings is 1. The number of aryl methyl sites for hydroxylation is 3. The molecule has 4 heterocycles. The largest absolute Gasteiger partial charge is 0.459 e. The lowest BCUT2D eigenvalue weighted by Crippen LogP contribution is -2.50. The average Bonchev–Trinajstić information content (AvgIpc) is 3.29. The first-order valence-corrected chi connectivity index (χ1v) is 9.63. The number of hydrogen-bond acceptors (Lipinski definition) is 6. The second kappa shape index (κ2) is 6.77. The molecule has 0 unspecified atom stereocenters. The van der Waals surface area contributed by atoms with Crippen molar-refractivity contribution in [3.63, 3.8) is 0 Å². The minimum atomic E-state index is -0.133. The minimum Gasteiger partial charge on any atom is -0.459 e. The van der Waals surface area contributed by atoms with E-state index in [1.54, 1.807) is 21.9 Å². The number of rotatable bonds is 2. The van der Waals surface area contributed by atoms with Gasteiger partial charge in [-0.25, -0.2) is 9.97 Å². The molecule has 7 nitrogen and oxygen atoms in total. The maximum Gasteiger partial charge on any atom is 0.289 e. The van der Waals surface area contributed by atoms with Crippen molar-refractivity contribution >= 4 is 33.4 Å². The molecule has 1 aliphatic rings. The Morgan fingerprint density at radius 1 is 1.04 bits per heavy atom. The molecule has 1 fully saturated rings. The van der Waals surface area contributed by atoms with Crippen molar-refractivity contribution in [3.05, 3.63) is 46.1 Å². The zero-order valence-electron chi connectivity index (χ0n) is 15.5. The molecule has 0 saturated carbocycles. The zero-order valence-corrected chi connectivity index (χ0v) is 16.3. The maximum absolute atomic E-state index is 13.1. The number of hydrogen-bond donors (Lipinski definition) is 0. The smallest absolute Gasteiger partial charge is 0.289 e. The van der Waals surface area contributed by atoms with E-state index in [0.29, 0.717) is 42.6 Å². The summed E-state index contributed by atoms with van der Waals surface area (Å²) in [6.45, 7) is 7.75. The Morgan fingerprint density at radius 2 is 1.70 bits per heavy atom. The fraction of sp³-hybridized carbons (Fsp3) is 0.368. The summed E-state index contributed by atoms with van der Waals surface area (Å²) >= 11 is 1.42. The van der Waals surface area contributed by atoms with Crippen LogP contribution in [0.3, 0.4) is 0 Å². The summed E-state index contributed by atoms with van der Waals surface area (Å²) in [4.78, 5) is 39.4. The van der Waals surface area contributed by atoms with Crippen LogP contribution in [0.1, 0.15) is 37.3 Å². The number of furan rings is 1. The standard InChI is InChI=1S/C19H20N4O3S/c1-11-15-12(2)20-13(3)21-17(15)27-16(11)19(25)23-8-6-22(7-9-23)18(24)14-5-4-10-26-14/h4-5,10H,6-9H2,1-3H3. The van der Waals surface area contributed by atoms with Gasteiger partial charge in [-0.05, 0) is 38.5 Å². The topological polar surface area (TPSA) is 79.5 Å². The van der Waals surface area contributed by atoms with Gasteiger partial charge in [0.15, 0.2) is 5.76 Å². The number of nitrogens with zero attached hydrogens (tertiary/aromatic N) is 4. The first-order valence-electron chi connectivity index (χ1n) is 8.82. The van der Waals surface area contributed by atoms with Gasteiger partial charge in [-0.3, -0.25) is 9.59 Å². The molecule has 3 aromatic heterocycles. The highest BCUT2D eigenvalue weighted by Gasteiger charge is 2.29. The highest BCUT2D eigenvalue weighted by Crippen LogP contribution is 2.32. The van der Waals surface area contributed by atoms with E-state index < -0.39 is 0 Å². The van der Waals surface area contributed by atoms with E-state index in [-0.39, 0.29) is 11.8 Å². The van der Waals surface area contributed by atoms with Crippen molar-refractivity contribution in [3.8, 4) is 0 Å². The van der Waals surface area contributed by atoms with Crippen molar-refractivity contribution in [1.82, 2.24) is 19.8 Å². The van der Waals surface area contributed by atoms with Gasteiger partial charge < -0.3 is 14.2 Å². The molecule has 1 saturated heterocycles. The van der Waals surface area contributed by atoms with E-state index in [0.717, 1.165) is 21.5 Å². The number of aromatic nitrogens is 2. The first-order chi connectivity index (χ1) is 13.0. The van der Waals surface area contributed by atoms with Gasteiger partial charge in [0.1, 0.15) is 10.7 Å². The Morgan fingerprint density at radius 3 is 2.33 bits per heavy atom. The van der Waals surface area contributed by atoms with Crippen LogP contribution in [-0.2, 0) is 0 Å². The van der Waals surface area contributed by atoms with Gasteiger partial charge in [-0.1, -0.05) is 0 Å². The number of thiophene rings is 1. The highest BCUT2D eigenvalue weighted by atomic mass is 32.1. The fourth-order valence-electron chi connectivity index (χ4n) is 3.49. The average molecular weight is 384 g/mol. The van der Waals surface area contributed by atoms with Gasteiger partial charge in [-0.2, -0.15) is 0 Å². The normalized spacial score (nSPS) is 14.8. The highest BCUT2D eigenvalue weighted by molar-refractivity contribution is 7.20. The third-order valence-electron chi connectivity index (χ3n) is 4.86. The molecule has 2 amide bonds. The molecule has 8 heteroatoms. The molecule has 0 aromatic carbocycles. The fourth-order valence-corrected chi connectivity index (χ4v) is 4.74. The van der Waals surface area contributed by atoms with Crippen molar-refractivity contribution in [2.75, 3.05) is 26.2 Å². The van der Waals surface area contributed by atoms with Crippen molar-refractivity contribution in [1.29, 1.82) is 0 Å². The number of carbonyl (C=O) groups is 2. The van der Waals surface area contributed by atoms with E-state index in [4.69, 9.17) is 4.42 Å². The maximum atomic E-state index is 13.1. The summed E-state index contributed by atoms with van der Waals surface area (Å²) in [6, 6.07) is 3.36. The molecule has 140 valence electrons. The summed E-state index contributed by atoms with van der Waals surface area (Å²) in [6.07, 6.45) is 1.49. The van der Waals surface area contributed by atoms with Crippen LogP contribution in [0, 0.1) is 20.8 Å². The van der Waals surface area contributed by atoms with Crippen LogP contribution in [0.5, 0.6) is 0 Å². The number of carbonyl (C=O) groups excluding carboxylic acids is 2. The lowest BCUT2D eigenvalue weighted by molar-refractivity contribution is 0.0520. The van der Waals surface area contributed by atoms with Crippen molar-refractivity contribution in [2.45, 2.75) is 20.8 Å². The molecule has 27 heavy (non-hydrogen) atoms. The predicted molar refractivity (Wildman–Crippen MR) is 102 cm³/mol. The van der Waals surface area contributed by atoms with E-state index in [1.807, 2.05) is 20.8 Å². The van der Waals surface area contributed by atoms with Gasteiger partial charge in [0.2, 0.25) is 0 Å². The van der Waals surface area contributed by atoms with Crippen molar-refractivity contribution in [2.24, 2.45) is 0 Å². The molecule has 4 rings (SSSR count). The minimum absolute atomic E-state index is 0.00218. The van der Waals surface area contributed by atoms with E-state index in [1.165, 1.54) is 17.6 Å². The van der Waals surface area contributed by atoms with Crippen molar-refractivity contribution < 1.29 is 14.0 Å². The molecule has 0 atom stereocenters. The Bertz CT molecular complexity index is 1020. The van der Waals surface area contributed by atoms with Gasteiger partial charge in [0.05, 0.1) is 11.1 Å². The molecular weight excluding hydrogens is 364 g/mol. The monoisotopic (exact) mass is 384 g/mol. The van der Waals surface area contributed by atoms with Gasteiger partial charge in [-0.15, -0.1) is 11.3 Å². The third-order valence-corrected chi connectivity index (χ3v) is 6.04. The Kier molecular flexibility index (Phi) is 4.43. The molecule has 0 radical (unpaired) electrons. The number of fused-ring (bicyclic) bond motifs is 1. The summed E-state index contributed by atoms with van der Waals surface area (Å²) in [5, 5.41) is 0.973. The molecule has 0 spiro atoms. The van der Waals surface area contributed by atoms with Gasteiger partial charge in [0, 0.05) is 37.3 Å².